The number of likely N-dealkylation sites (tertiary alicyclic amines) is 1. The molecule has 1 unspecified atom stereocenters. The average Bonchev–Trinajstić information content (AvgIpc) is 2.84. The zero-order chi connectivity index (χ0) is 14.5. The summed E-state index contributed by atoms with van der Waals surface area (Å²) in [5, 5.41) is 11.5. The van der Waals surface area contributed by atoms with Crippen LogP contribution in [0, 0.1) is 0 Å². The fourth-order valence-corrected chi connectivity index (χ4v) is 2.28. The second-order valence-electron chi connectivity index (χ2n) is 4.88. The van der Waals surface area contributed by atoms with Crippen LogP contribution < -0.4 is 5.32 Å². The Morgan fingerprint density at radius 1 is 1.40 bits per heavy atom. The Morgan fingerprint density at radius 2 is 2.10 bits per heavy atom. The van der Waals surface area contributed by atoms with Crippen molar-refractivity contribution < 1.29 is 14.7 Å². The summed E-state index contributed by atoms with van der Waals surface area (Å²) in [6.45, 7) is 4.62. The van der Waals surface area contributed by atoms with Crippen LogP contribution in [-0.2, 0) is 0 Å². The van der Waals surface area contributed by atoms with Gasteiger partial charge in [0.05, 0.1) is 12.4 Å². The van der Waals surface area contributed by atoms with Crippen LogP contribution in [0.4, 0.5) is 0 Å². The lowest BCUT2D eigenvalue weighted by molar-refractivity contribution is 0.0689. The van der Waals surface area contributed by atoms with Crippen molar-refractivity contribution in [2.75, 3.05) is 19.6 Å². The van der Waals surface area contributed by atoms with Crippen LogP contribution >= 0.6 is 0 Å². The summed E-state index contributed by atoms with van der Waals surface area (Å²) in [6, 6.07) is 0.571. The number of hydrogen-bond acceptors (Lipinski definition) is 5. The summed E-state index contributed by atoms with van der Waals surface area (Å²) in [5.74, 6) is -1.49. The van der Waals surface area contributed by atoms with Crippen molar-refractivity contribution in [3.05, 3.63) is 23.8 Å². The molecule has 2 rings (SSSR count). The molecule has 1 fully saturated rings. The van der Waals surface area contributed by atoms with E-state index in [1.807, 2.05) is 0 Å². The molecule has 0 saturated carbocycles. The molecule has 2 N–H and O–H groups in total. The molecule has 1 aliphatic heterocycles. The van der Waals surface area contributed by atoms with E-state index >= 15 is 0 Å². The first-order valence-corrected chi connectivity index (χ1v) is 6.65. The SMILES string of the molecule is CC1CCCN1CCNC(=O)c1cnc(C(=O)O)cn1. The molecular weight excluding hydrogens is 260 g/mol. The van der Waals surface area contributed by atoms with Crippen molar-refractivity contribution in [1.29, 1.82) is 0 Å². The van der Waals surface area contributed by atoms with Crippen molar-refractivity contribution in [2.24, 2.45) is 0 Å². The van der Waals surface area contributed by atoms with Gasteiger partial charge in [0.15, 0.2) is 5.69 Å². The Balaban J connectivity index is 1.81. The second kappa shape index (κ2) is 6.42. The third-order valence-electron chi connectivity index (χ3n) is 3.48. The molecule has 1 aliphatic rings. The first-order chi connectivity index (χ1) is 9.58. The first-order valence-electron chi connectivity index (χ1n) is 6.65. The maximum Gasteiger partial charge on any atom is 0.356 e. The number of nitrogens with one attached hydrogen (secondary N) is 1. The summed E-state index contributed by atoms with van der Waals surface area (Å²) in [5.41, 5.74) is -0.0445. The predicted octanol–water partition coefficient (Wildman–Crippen LogP) is 0.389. The van der Waals surface area contributed by atoms with Crippen molar-refractivity contribution >= 4 is 11.9 Å². The van der Waals surface area contributed by atoms with E-state index < -0.39 is 5.97 Å². The molecule has 7 heteroatoms. The summed E-state index contributed by atoms with van der Waals surface area (Å²) in [7, 11) is 0. The van der Waals surface area contributed by atoms with E-state index in [0.29, 0.717) is 12.6 Å². The number of aromatic nitrogens is 2. The van der Waals surface area contributed by atoms with Gasteiger partial charge in [-0.2, -0.15) is 0 Å². The van der Waals surface area contributed by atoms with Crippen LogP contribution in [0.1, 0.15) is 40.7 Å². The number of rotatable bonds is 5. The molecular formula is C13H18N4O3. The van der Waals surface area contributed by atoms with E-state index in [4.69, 9.17) is 5.11 Å². The van der Waals surface area contributed by atoms with Crippen LogP contribution in [0.15, 0.2) is 12.4 Å². The first kappa shape index (κ1) is 14.4. The second-order valence-corrected chi connectivity index (χ2v) is 4.88. The fraction of sp³-hybridized carbons (Fsp3) is 0.538. The number of carboxylic acid groups (broad SMARTS) is 1. The molecule has 1 amide bonds. The zero-order valence-corrected chi connectivity index (χ0v) is 11.4. The van der Waals surface area contributed by atoms with Crippen molar-refractivity contribution in [3.63, 3.8) is 0 Å². The quantitative estimate of drug-likeness (QED) is 0.809. The zero-order valence-electron chi connectivity index (χ0n) is 11.4. The van der Waals surface area contributed by atoms with Gasteiger partial charge in [0.25, 0.3) is 5.91 Å². The predicted molar refractivity (Wildman–Crippen MR) is 71.6 cm³/mol. The van der Waals surface area contributed by atoms with Crippen LogP contribution in [0.25, 0.3) is 0 Å². The number of aromatic carboxylic acids is 1. The third kappa shape index (κ3) is 3.51. The molecule has 0 aliphatic carbocycles. The van der Waals surface area contributed by atoms with Gasteiger partial charge in [0.1, 0.15) is 5.69 Å². The van der Waals surface area contributed by atoms with Gasteiger partial charge in [0, 0.05) is 19.1 Å². The molecule has 0 spiro atoms. The van der Waals surface area contributed by atoms with Gasteiger partial charge in [0.2, 0.25) is 0 Å². The van der Waals surface area contributed by atoms with Crippen molar-refractivity contribution in [3.8, 4) is 0 Å². The Morgan fingerprint density at radius 3 is 2.65 bits per heavy atom. The van der Waals surface area contributed by atoms with E-state index in [1.54, 1.807) is 0 Å². The highest BCUT2D eigenvalue weighted by Gasteiger charge is 2.19. The highest BCUT2D eigenvalue weighted by atomic mass is 16.4. The smallest absolute Gasteiger partial charge is 0.356 e. The summed E-state index contributed by atoms with van der Waals surface area (Å²) in [4.78, 5) is 32.2. The topological polar surface area (TPSA) is 95.4 Å². The Hall–Kier alpha value is -2.02. The van der Waals surface area contributed by atoms with Gasteiger partial charge in [-0.15, -0.1) is 0 Å². The molecule has 20 heavy (non-hydrogen) atoms. The number of carbonyl (C=O) groups is 2. The Bertz CT molecular complexity index is 489. The lowest BCUT2D eigenvalue weighted by Crippen LogP contribution is -2.36. The summed E-state index contributed by atoms with van der Waals surface area (Å²) in [6.07, 6.45) is 4.67. The van der Waals surface area contributed by atoms with Gasteiger partial charge in [-0.05, 0) is 26.3 Å². The van der Waals surface area contributed by atoms with E-state index in [2.05, 4.69) is 27.1 Å². The molecule has 0 bridgehead atoms. The maximum atomic E-state index is 11.8. The van der Waals surface area contributed by atoms with Crippen molar-refractivity contribution in [1.82, 2.24) is 20.2 Å². The number of nitrogens with zero attached hydrogens (tertiary/aromatic N) is 3. The van der Waals surface area contributed by atoms with E-state index in [9.17, 15) is 9.59 Å². The van der Waals surface area contributed by atoms with Gasteiger partial charge in [-0.25, -0.2) is 14.8 Å². The maximum absolute atomic E-state index is 11.8. The molecule has 1 saturated heterocycles. The van der Waals surface area contributed by atoms with Crippen LogP contribution in [0.3, 0.4) is 0 Å². The minimum absolute atomic E-state index is 0.129. The van der Waals surface area contributed by atoms with Crippen LogP contribution in [-0.4, -0.2) is 57.5 Å². The lowest BCUT2D eigenvalue weighted by Gasteiger charge is -2.20. The normalized spacial score (nSPS) is 18.9. The molecule has 1 aromatic heterocycles. The van der Waals surface area contributed by atoms with Gasteiger partial charge >= 0.3 is 5.97 Å². The van der Waals surface area contributed by atoms with Gasteiger partial charge in [-0.3, -0.25) is 9.69 Å². The van der Waals surface area contributed by atoms with Gasteiger partial charge < -0.3 is 10.4 Å². The largest absolute Gasteiger partial charge is 0.476 e. The molecule has 0 radical (unpaired) electrons. The highest BCUT2D eigenvalue weighted by Crippen LogP contribution is 2.14. The molecule has 0 aromatic carbocycles. The van der Waals surface area contributed by atoms with E-state index in [-0.39, 0.29) is 17.3 Å². The molecule has 1 atom stereocenters. The summed E-state index contributed by atoms with van der Waals surface area (Å²) >= 11 is 0. The van der Waals surface area contributed by atoms with E-state index in [0.717, 1.165) is 19.3 Å². The minimum Gasteiger partial charge on any atom is -0.476 e. The molecule has 108 valence electrons. The standard InChI is InChI=1S/C13H18N4O3/c1-9-3-2-5-17(9)6-4-14-12(18)10-7-16-11(8-15-10)13(19)20/h7-9H,2-6H2,1H3,(H,14,18)(H,19,20). The van der Waals surface area contributed by atoms with Crippen LogP contribution in [0.2, 0.25) is 0 Å². The number of carbonyl (C=O) groups excluding carboxylic acids is 1. The summed E-state index contributed by atoms with van der Waals surface area (Å²) < 4.78 is 0. The Labute approximate surface area is 117 Å². The Kier molecular flexibility index (Phi) is 4.62. The monoisotopic (exact) mass is 278 g/mol. The molecule has 2 heterocycles. The van der Waals surface area contributed by atoms with Gasteiger partial charge in [-0.1, -0.05) is 0 Å². The van der Waals surface area contributed by atoms with E-state index in [1.165, 1.54) is 19.0 Å². The lowest BCUT2D eigenvalue weighted by atomic mass is 10.2. The third-order valence-corrected chi connectivity index (χ3v) is 3.48. The number of hydrogen-bond donors (Lipinski definition) is 2. The fourth-order valence-electron chi connectivity index (χ4n) is 2.28. The molecule has 7 nitrogen and oxygen atoms in total. The highest BCUT2D eigenvalue weighted by molar-refractivity contribution is 5.92. The minimum atomic E-state index is -1.16. The number of amides is 1. The van der Waals surface area contributed by atoms with Crippen LogP contribution in [0.5, 0.6) is 0 Å². The van der Waals surface area contributed by atoms with Crippen molar-refractivity contribution in [2.45, 2.75) is 25.8 Å². The molecule has 1 aromatic rings. The number of carboxylic acids is 1. The average molecular weight is 278 g/mol.